The van der Waals surface area contributed by atoms with Crippen molar-refractivity contribution in [1.29, 1.82) is 0 Å². The smallest absolute Gasteiger partial charge is 0.329 e. The first-order valence-electron chi connectivity index (χ1n) is 7.53. The Kier molecular flexibility index (Phi) is 5.22. The zero-order chi connectivity index (χ0) is 19.0. The fraction of sp³-hybridized carbons (Fsp3) is 0.750. The lowest BCUT2D eigenvalue weighted by molar-refractivity contribution is -0.135. The molecule has 5 N–H and O–H groups in total. The molecule has 0 unspecified atom stereocenters. The fourth-order valence-electron chi connectivity index (χ4n) is 2.57. The molecule has 2 aliphatic heterocycles. The van der Waals surface area contributed by atoms with E-state index in [1.54, 1.807) is 13.8 Å². The summed E-state index contributed by atoms with van der Waals surface area (Å²) < 4.78 is 34.6. The highest BCUT2D eigenvalue weighted by Gasteiger charge is 2.49. The van der Waals surface area contributed by atoms with Gasteiger partial charge in [-0.05, 0) is 26.7 Å². The average Bonchev–Trinajstić information content (AvgIpc) is 2.76. The number of nitrogens with one attached hydrogen (secondary N) is 2. The Morgan fingerprint density at radius 2 is 2.00 bits per heavy atom. The van der Waals surface area contributed by atoms with E-state index in [-0.39, 0.29) is 25.9 Å². The van der Waals surface area contributed by atoms with Crippen molar-refractivity contribution >= 4 is 28.2 Å². The number of nitrogens with two attached hydrogens (primary N) is 1. The first-order valence-corrected chi connectivity index (χ1v) is 8.90. The summed E-state index contributed by atoms with van der Waals surface area (Å²) in [6, 6.07) is -2.35. The van der Waals surface area contributed by atoms with Crippen LogP contribution >= 0.6 is 0 Å². The molecule has 0 saturated carbocycles. The van der Waals surface area contributed by atoms with Crippen LogP contribution in [0.1, 0.15) is 26.7 Å². The summed E-state index contributed by atoms with van der Waals surface area (Å²) in [7, 11) is -4.85. The molecule has 0 aromatic carbocycles. The van der Waals surface area contributed by atoms with Crippen LogP contribution in [0.15, 0.2) is 0 Å². The van der Waals surface area contributed by atoms with Gasteiger partial charge in [-0.15, -0.1) is 4.28 Å². The summed E-state index contributed by atoms with van der Waals surface area (Å²) in [6.07, 6.45) is 0.530. The number of carbonyl (C=O) groups excluding carboxylic acids is 3. The number of hydrogen-bond acceptors (Lipinski definition) is 7. The van der Waals surface area contributed by atoms with E-state index in [4.69, 9.17) is 10.3 Å². The predicted octanol–water partition coefficient (Wildman–Crippen LogP) is -1.88. The second-order valence-corrected chi connectivity index (χ2v) is 7.55. The first-order chi connectivity index (χ1) is 11.5. The number of hydroxylamine groups is 2. The van der Waals surface area contributed by atoms with E-state index in [1.807, 2.05) is 0 Å². The quantitative estimate of drug-likeness (QED) is 0.317. The largest absolute Gasteiger partial charge is 0.418 e. The van der Waals surface area contributed by atoms with Crippen molar-refractivity contribution in [2.75, 3.05) is 13.1 Å². The van der Waals surface area contributed by atoms with Crippen molar-refractivity contribution in [2.45, 2.75) is 38.8 Å². The Morgan fingerprint density at radius 1 is 1.36 bits per heavy atom. The van der Waals surface area contributed by atoms with Crippen LogP contribution in [0.5, 0.6) is 0 Å². The average molecular weight is 379 g/mol. The van der Waals surface area contributed by atoms with E-state index in [2.05, 4.69) is 15.1 Å². The van der Waals surface area contributed by atoms with Gasteiger partial charge in [0.05, 0.1) is 11.5 Å². The maximum absolute atomic E-state index is 12.3. The summed E-state index contributed by atoms with van der Waals surface area (Å²) in [5.74, 6) is -1.11. The van der Waals surface area contributed by atoms with Gasteiger partial charge in [-0.3, -0.25) is 25.0 Å². The first kappa shape index (κ1) is 19.4. The van der Waals surface area contributed by atoms with Crippen molar-refractivity contribution in [3.63, 3.8) is 0 Å². The number of fused-ring (bicyclic) bond motifs is 2. The molecule has 0 radical (unpaired) electrons. The van der Waals surface area contributed by atoms with Crippen LogP contribution in [0.4, 0.5) is 4.79 Å². The van der Waals surface area contributed by atoms with E-state index in [0.29, 0.717) is 5.06 Å². The summed E-state index contributed by atoms with van der Waals surface area (Å²) >= 11 is 0. The number of piperidine rings is 1. The van der Waals surface area contributed by atoms with Crippen molar-refractivity contribution in [2.24, 2.45) is 11.1 Å². The zero-order valence-corrected chi connectivity index (χ0v) is 14.6. The molecule has 2 fully saturated rings. The van der Waals surface area contributed by atoms with Gasteiger partial charge < -0.3 is 10.6 Å². The molecule has 2 rings (SSSR count). The Morgan fingerprint density at radius 3 is 2.56 bits per heavy atom. The molecule has 2 heterocycles. The van der Waals surface area contributed by atoms with Crippen LogP contribution < -0.4 is 16.6 Å². The number of urea groups is 1. The van der Waals surface area contributed by atoms with Crippen LogP contribution in [-0.2, 0) is 24.3 Å². The Balaban J connectivity index is 1.99. The summed E-state index contributed by atoms with van der Waals surface area (Å²) in [5, 5.41) is 0.540. The van der Waals surface area contributed by atoms with Gasteiger partial charge in [-0.2, -0.15) is 13.5 Å². The molecule has 2 bridgehead atoms. The molecule has 2 aliphatic rings. The summed E-state index contributed by atoms with van der Waals surface area (Å²) in [5.41, 5.74) is 9.09. The van der Waals surface area contributed by atoms with E-state index < -0.39 is 45.7 Å². The lowest BCUT2D eigenvalue weighted by Gasteiger charge is -2.29. The number of amides is 4. The third kappa shape index (κ3) is 4.18. The van der Waals surface area contributed by atoms with Crippen LogP contribution in [0.3, 0.4) is 0 Å². The minimum absolute atomic E-state index is 0.0642. The van der Waals surface area contributed by atoms with Gasteiger partial charge in [0.1, 0.15) is 6.04 Å². The maximum atomic E-state index is 12.3. The molecule has 25 heavy (non-hydrogen) atoms. The SMILES string of the molecule is CC(C)(CN)C(=O)NNC(=O)[C@H]1CC[C@@H]2CN1C(=O)N2OS(=O)(=O)O. The molecular weight excluding hydrogens is 358 g/mol. The molecule has 0 aromatic heterocycles. The molecule has 4 amide bonds. The van der Waals surface area contributed by atoms with E-state index in [0.717, 1.165) is 4.90 Å². The van der Waals surface area contributed by atoms with Crippen molar-refractivity contribution < 1.29 is 31.6 Å². The van der Waals surface area contributed by atoms with Gasteiger partial charge in [0.2, 0.25) is 5.91 Å². The standard InChI is InChI=1S/C12H21N5O7S/c1-12(2,6-13)10(19)15-14-9(18)8-4-3-7-5-16(8)11(20)17(7)24-25(21,22)23/h7-8H,3-6,13H2,1-2H3,(H,14,18)(H,15,19)(H,21,22,23)/t7-,8-/m1/s1. The molecule has 2 saturated heterocycles. The van der Waals surface area contributed by atoms with Crippen LogP contribution in [0, 0.1) is 5.41 Å². The summed E-state index contributed by atoms with van der Waals surface area (Å²) in [4.78, 5) is 37.5. The van der Waals surface area contributed by atoms with Crippen molar-refractivity contribution in [3.05, 3.63) is 0 Å². The highest BCUT2D eigenvalue weighted by Crippen LogP contribution is 2.30. The molecule has 12 nitrogen and oxygen atoms in total. The lowest BCUT2D eigenvalue weighted by Crippen LogP contribution is -2.56. The second-order valence-electron chi connectivity index (χ2n) is 6.54. The number of nitrogens with zero attached hydrogens (tertiary/aromatic N) is 2. The van der Waals surface area contributed by atoms with Crippen LogP contribution in [0.25, 0.3) is 0 Å². The van der Waals surface area contributed by atoms with E-state index in [1.165, 1.54) is 0 Å². The Bertz CT molecular complexity index is 679. The number of hydrogen-bond donors (Lipinski definition) is 4. The molecule has 0 aliphatic carbocycles. The normalized spacial score (nSPS) is 23.6. The zero-order valence-electron chi connectivity index (χ0n) is 13.8. The molecule has 2 atom stereocenters. The fourth-order valence-corrected chi connectivity index (χ4v) is 2.96. The number of hydrazine groups is 1. The molecule has 0 aromatic rings. The molecule has 142 valence electrons. The van der Waals surface area contributed by atoms with Gasteiger partial charge in [-0.25, -0.2) is 4.79 Å². The highest BCUT2D eigenvalue weighted by molar-refractivity contribution is 7.80. The number of rotatable bonds is 5. The van der Waals surface area contributed by atoms with Crippen LogP contribution in [0.2, 0.25) is 0 Å². The van der Waals surface area contributed by atoms with Gasteiger partial charge >= 0.3 is 16.4 Å². The minimum Gasteiger partial charge on any atom is -0.329 e. The van der Waals surface area contributed by atoms with E-state index in [9.17, 15) is 22.8 Å². The van der Waals surface area contributed by atoms with Gasteiger partial charge in [-0.1, -0.05) is 0 Å². The van der Waals surface area contributed by atoms with Crippen LogP contribution in [-0.4, -0.2) is 66.0 Å². The van der Waals surface area contributed by atoms with Gasteiger partial charge in [0.25, 0.3) is 5.91 Å². The third-order valence-corrected chi connectivity index (χ3v) is 4.57. The minimum atomic E-state index is -4.85. The number of carbonyl (C=O) groups is 3. The molecule has 13 heteroatoms. The highest BCUT2D eigenvalue weighted by atomic mass is 32.3. The Hall–Kier alpha value is -1.96. The van der Waals surface area contributed by atoms with Crippen molar-refractivity contribution in [1.82, 2.24) is 20.8 Å². The maximum Gasteiger partial charge on any atom is 0.418 e. The van der Waals surface area contributed by atoms with Gasteiger partial charge in [0.15, 0.2) is 0 Å². The topological polar surface area (TPSA) is 171 Å². The van der Waals surface area contributed by atoms with Gasteiger partial charge in [0, 0.05) is 13.1 Å². The molecule has 0 spiro atoms. The van der Waals surface area contributed by atoms with E-state index >= 15 is 0 Å². The Labute approximate surface area is 144 Å². The van der Waals surface area contributed by atoms with Crippen molar-refractivity contribution in [3.8, 4) is 0 Å². The monoisotopic (exact) mass is 379 g/mol. The third-order valence-electron chi connectivity index (χ3n) is 4.22. The summed E-state index contributed by atoms with van der Waals surface area (Å²) in [6.45, 7) is 3.35. The second kappa shape index (κ2) is 6.74. The molecular formula is C12H21N5O7S. The lowest BCUT2D eigenvalue weighted by atomic mass is 9.93. The predicted molar refractivity (Wildman–Crippen MR) is 82.5 cm³/mol.